The molecule has 3 N–H and O–H groups in total. The Morgan fingerprint density at radius 3 is 2.45 bits per heavy atom. The van der Waals surface area contributed by atoms with Gasteiger partial charge in [-0.2, -0.15) is 0 Å². The van der Waals surface area contributed by atoms with Gasteiger partial charge in [0.2, 0.25) is 0 Å². The predicted octanol–water partition coefficient (Wildman–Crippen LogP) is 0.860. The topological polar surface area (TPSA) is 72.0 Å². The fraction of sp³-hybridized carbons (Fsp3) is 0.385. The van der Waals surface area contributed by atoms with Crippen molar-refractivity contribution in [3.8, 4) is 0 Å². The first-order valence-electron chi connectivity index (χ1n) is 6.04. The van der Waals surface area contributed by atoms with Crippen LogP contribution < -0.4 is 10.6 Å². The van der Waals surface area contributed by atoms with Crippen molar-refractivity contribution in [2.75, 3.05) is 7.11 Å². The first kappa shape index (κ1) is 16.0. The first-order valence-corrected chi connectivity index (χ1v) is 6.04. The average molecular weight is 287 g/mol. The third-order valence-corrected chi connectivity index (χ3v) is 2.87. The SMILES string of the molecule is COC(=O)NC(=O)[C@@H](C)[NH2+][C@@H](C)c1ccc(F)c(F)c1. The maximum absolute atomic E-state index is 13.1. The third kappa shape index (κ3) is 4.27. The average Bonchev–Trinajstić information content (AvgIpc) is 2.41. The van der Waals surface area contributed by atoms with E-state index in [2.05, 4.69) is 4.74 Å². The first-order chi connectivity index (χ1) is 9.35. The number of nitrogens with one attached hydrogen (secondary N) is 1. The maximum Gasteiger partial charge on any atom is 0.413 e. The lowest BCUT2D eigenvalue weighted by atomic mass is 10.1. The van der Waals surface area contributed by atoms with E-state index in [0.717, 1.165) is 19.2 Å². The Bertz CT molecular complexity index is 508. The summed E-state index contributed by atoms with van der Waals surface area (Å²) in [6, 6.07) is 2.71. The van der Waals surface area contributed by atoms with Gasteiger partial charge in [0.15, 0.2) is 17.7 Å². The van der Waals surface area contributed by atoms with Gasteiger partial charge >= 0.3 is 6.09 Å². The highest BCUT2D eigenvalue weighted by molar-refractivity contribution is 5.93. The fourth-order valence-electron chi connectivity index (χ4n) is 1.69. The number of amides is 2. The van der Waals surface area contributed by atoms with Crippen LogP contribution in [0.2, 0.25) is 0 Å². The second kappa shape index (κ2) is 6.95. The molecule has 20 heavy (non-hydrogen) atoms. The van der Waals surface area contributed by atoms with E-state index in [1.165, 1.54) is 6.07 Å². The number of imide groups is 1. The van der Waals surface area contributed by atoms with Crippen molar-refractivity contribution in [2.45, 2.75) is 25.9 Å². The quantitative estimate of drug-likeness (QED) is 0.862. The van der Waals surface area contributed by atoms with E-state index < -0.39 is 29.7 Å². The van der Waals surface area contributed by atoms with Crippen LogP contribution in [0.4, 0.5) is 13.6 Å². The largest absolute Gasteiger partial charge is 0.453 e. The van der Waals surface area contributed by atoms with Gasteiger partial charge in [-0.25, -0.2) is 13.6 Å². The van der Waals surface area contributed by atoms with Crippen LogP contribution in [0.5, 0.6) is 0 Å². The minimum atomic E-state index is -0.936. The van der Waals surface area contributed by atoms with Crippen LogP contribution >= 0.6 is 0 Å². The summed E-state index contributed by atoms with van der Waals surface area (Å²) in [4.78, 5) is 22.5. The van der Waals surface area contributed by atoms with E-state index in [4.69, 9.17) is 0 Å². The molecule has 0 heterocycles. The van der Waals surface area contributed by atoms with Crippen LogP contribution in [0.25, 0.3) is 0 Å². The molecule has 0 aliphatic rings. The molecule has 2 atom stereocenters. The van der Waals surface area contributed by atoms with Crippen LogP contribution in [0.3, 0.4) is 0 Å². The highest BCUT2D eigenvalue weighted by atomic mass is 19.2. The Kier molecular flexibility index (Phi) is 5.57. The van der Waals surface area contributed by atoms with Gasteiger partial charge < -0.3 is 10.1 Å². The smallest absolute Gasteiger partial charge is 0.413 e. The maximum atomic E-state index is 13.1. The number of alkyl carbamates (subject to hydrolysis) is 1. The van der Waals surface area contributed by atoms with E-state index in [1.807, 2.05) is 5.32 Å². The Morgan fingerprint density at radius 2 is 1.90 bits per heavy atom. The zero-order chi connectivity index (χ0) is 15.3. The highest BCUT2D eigenvalue weighted by Crippen LogP contribution is 2.13. The monoisotopic (exact) mass is 287 g/mol. The van der Waals surface area contributed by atoms with Crippen molar-refractivity contribution in [1.29, 1.82) is 0 Å². The van der Waals surface area contributed by atoms with Crippen LogP contribution in [0, 0.1) is 11.6 Å². The van der Waals surface area contributed by atoms with Crippen LogP contribution in [-0.4, -0.2) is 25.2 Å². The fourth-order valence-corrected chi connectivity index (χ4v) is 1.69. The van der Waals surface area contributed by atoms with Gasteiger partial charge in [0.25, 0.3) is 5.91 Å². The number of benzene rings is 1. The number of rotatable bonds is 4. The normalized spacial score (nSPS) is 13.4. The molecule has 0 saturated carbocycles. The number of hydrogen-bond donors (Lipinski definition) is 2. The molecule has 0 radical (unpaired) electrons. The molecule has 0 aliphatic carbocycles. The Morgan fingerprint density at radius 1 is 1.25 bits per heavy atom. The summed E-state index contributed by atoms with van der Waals surface area (Å²) in [5.41, 5.74) is 0.543. The molecule has 0 fully saturated rings. The van der Waals surface area contributed by atoms with Crippen molar-refractivity contribution in [3.63, 3.8) is 0 Å². The van der Waals surface area contributed by atoms with Gasteiger partial charge in [0.05, 0.1) is 7.11 Å². The lowest BCUT2D eigenvalue weighted by Gasteiger charge is -2.16. The van der Waals surface area contributed by atoms with Crippen molar-refractivity contribution < 1.29 is 28.4 Å². The number of methoxy groups -OCH3 is 1. The summed E-state index contributed by atoms with van der Waals surface area (Å²) in [5.74, 6) is -2.38. The van der Waals surface area contributed by atoms with Gasteiger partial charge in [0.1, 0.15) is 6.04 Å². The Labute approximate surface area is 115 Å². The van der Waals surface area contributed by atoms with E-state index in [1.54, 1.807) is 19.2 Å². The second-order valence-corrected chi connectivity index (χ2v) is 4.42. The van der Waals surface area contributed by atoms with E-state index in [9.17, 15) is 18.4 Å². The molecule has 1 aromatic rings. The molecule has 7 heteroatoms. The van der Waals surface area contributed by atoms with Crippen LogP contribution in [0.1, 0.15) is 25.5 Å². The molecule has 1 rings (SSSR count). The zero-order valence-electron chi connectivity index (χ0n) is 11.4. The number of nitrogens with two attached hydrogens (primary N) is 1. The highest BCUT2D eigenvalue weighted by Gasteiger charge is 2.22. The minimum absolute atomic E-state index is 0.275. The summed E-state index contributed by atoms with van der Waals surface area (Å²) >= 11 is 0. The number of halogens is 2. The summed E-state index contributed by atoms with van der Waals surface area (Å²) in [7, 11) is 1.15. The van der Waals surface area contributed by atoms with E-state index in [0.29, 0.717) is 5.56 Å². The lowest BCUT2D eigenvalue weighted by molar-refractivity contribution is -0.710. The number of ether oxygens (including phenoxy) is 1. The van der Waals surface area contributed by atoms with Gasteiger partial charge in [-0.05, 0) is 32.0 Å². The molecule has 0 spiro atoms. The summed E-state index contributed by atoms with van der Waals surface area (Å²) in [5, 5.41) is 3.67. The molecule has 110 valence electrons. The molecular weight excluding hydrogens is 270 g/mol. The molecule has 2 amide bonds. The lowest BCUT2D eigenvalue weighted by Crippen LogP contribution is -2.92. The zero-order valence-corrected chi connectivity index (χ0v) is 11.4. The van der Waals surface area contributed by atoms with Gasteiger partial charge in [-0.15, -0.1) is 0 Å². The number of quaternary nitrogens is 1. The van der Waals surface area contributed by atoms with Crippen molar-refractivity contribution in [2.24, 2.45) is 0 Å². The summed E-state index contributed by atoms with van der Waals surface area (Å²) in [6.45, 7) is 3.34. The molecule has 0 aliphatic heterocycles. The summed E-state index contributed by atoms with van der Waals surface area (Å²) < 4.78 is 30.3. The molecule has 5 nitrogen and oxygen atoms in total. The number of carbonyl (C=O) groups excluding carboxylic acids is 2. The molecule has 0 unspecified atom stereocenters. The van der Waals surface area contributed by atoms with Gasteiger partial charge in [0, 0.05) is 5.56 Å². The van der Waals surface area contributed by atoms with E-state index in [-0.39, 0.29) is 6.04 Å². The van der Waals surface area contributed by atoms with Gasteiger partial charge in [-0.1, -0.05) is 0 Å². The van der Waals surface area contributed by atoms with Crippen molar-refractivity contribution in [3.05, 3.63) is 35.4 Å². The predicted molar refractivity (Wildman–Crippen MR) is 66.7 cm³/mol. The molecule has 0 bridgehead atoms. The summed E-state index contributed by atoms with van der Waals surface area (Å²) in [6.07, 6.45) is -0.837. The second-order valence-electron chi connectivity index (χ2n) is 4.42. The Hall–Kier alpha value is -2.02. The molecule has 0 aromatic heterocycles. The van der Waals surface area contributed by atoms with Crippen molar-refractivity contribution in [1.82, 2.24) is 5.32 Å². The van der Waals surface area contributed by atoms with Crippen molar-refractivity contribution >= 4 is 12.0 Å². The standard InChI is InChI=1S/C13H16F2N2O3/c1-7(9-4-5-10(14)11(15)6-9)16-8(2)12(18)17-13(19)20-3/h4-8,16H,1-3H3,(H,17,18,19)/p+1/t7-,8+/m0/s1. The number of carbonyl (C=O) groups is 2. The molecular formula is C13H17F2N2O3+. The van der Waals surface area contributed by atoms with Crippen LogP contribution in [0.15, 0.2) is 18.2 Å². The Balaban J connectivity index is 2.64. The molecule has 0 saturated heterocycles. The third-order valence-electron chi connectivity index (χ3n) is 2.87. The molecule has 1 aromatic carbocycles. The van der Waals surface area contributed by atoms with Crippen LogP contribution in [-0.2, 0) is 9.53 Å². The van der Waals surface area contributed by atoms with E-state index >= 15 is 0 Å². The van der Waals surface area contributed by atoms with Gasteiger partial charge in [-0.3, -0.25) is 10.1 Å². The minimum Gasteiger partial charge on any atom is -0.453 e. The number of hydrogen-bond acceptors (Lipinski definition) is 3.